The van der Waals surface area contributed by atoms with Crippen LogP contribution in [0.4, 0.5) is 0 Å². The van der Waals surface area contributed by atoms with Crippen LogP contribution < -0.4 is 5.73 Å². The maximum Gasteiger partial charge on any atom is 0.138 e. The van der Waals surface area contributed by atoms with E-state index in [2.05, 4.69) is 11.1 Å². The standard InChI is InChI=1S/C12H14ClN3/c13-10-8-15-11-3-1-2-9(16(10)11)4-5-12(14)6-7-12/h1-3,8H,4-7,14H2. The highest BCUT2D eigenvalue weighted by molar-refractivity contribution is 6.29. The predicted octanol–water partition coefficient (Wildman–Crippen LogP) is 2.41. The Bertz CT molecular complexity index is 528. The van der Waals surface area contributed by atoms with Crippen LogP contribution in [0.25, 0.3) is 5.65 Å². The van der Waals surface area contributed by atoms with Crippen LogP contribution in [0.3, 0.4) is 0 Å². The third-order valence-corrected chi connectivity index (χ3v) is 3.61. The van der Waals surface area contributed by atoms with E-state index in [1.54, 1.807) is 6.20 Å². The van der Waals surface area contributed by atoms with E-state index in [9.17, 15) is 0 Å². The molecule has 0 amide bonds. The Hall–Kier alpha value is -1.06. The molecule has 2 heterocycles. The van der Waals surface area contributed by atoms with E-state index < -0.39 is 0 Å². The molecule has 3 rings (SSSR count). The lowest BCUT2D eigenvalue weighted by molar-refractivity contribution is 0.601. The lowest BCUT2D eigenvalue weighted by atomic mass is 10.1. The minimum Gasteiger partial charge on any atom is -0.325 e. The van der Waals surface area contributed by atoms with Gasteiger partial charge in [0, 0.05) is 11.2 Å². The van der Waals surface area contributed by atoms with E-state index in [0.29, 0.717) is 5.15 Å². The number of nitrogens with zero attached hydrogens (tertiary/aromatic N) is 2. The van der Waals surface area contributed by atoms with Crippen molar-refractivity contribution in [3.05, 3.63) is 35.2 Å². The molecule has 16 heavy (non-hydrogen) atoms. The van der Waals surface area contributed by atoms with Crippen molar-refractivity contribution in [2.75, 3.05) is 0 Å². The quantitative estimate of drug-likeness (QED) is 0.888. The van der Waals surface area contributed by atoms with E-state index >= 15 is 0 Å². The summed E-state index contributed by atoms with van der Waals surface area (Å²) in [4.78, 5) is 4.24. The number of aryl methyl sites for hydroxylation is 1. The summed E-state index contributed by atoms with van der Waals surface area (Å²) < 4.78 is 1.99. The first-order chi connectivity index (χ1) is 7.68. The van der Waals surface area contributed by atoms with E-state index in [1.807, 2.05) is 16.5 Å². The molecule has 2 N–H and O–H groups in total. The molecular weight excluding hydrogens is 222 g/mol. The van der Waals surface area contributed by atoms with Crippen molar-refractivity contribution in [3.63, 3.8) is 0 Å². The van der Waals surface area contributed by atoms with Crippen LogP contribution in [0.15, 0.2) is 24.4 Å². The Labute approximate surface area is 99.2 Å². The molecule has 84 valence electrons. The number of halogens is 1. The average Bonchev–Trinajstić information content (AvgIpc) is 2.90. The molecule has 2 aromatic rings. The molecule has 1 aliphatic carbocycles. The maximum atomic E-state index is 6.11. The second-order valence-electron chi connectivity index (χ2n) is 4.65. The molecule has 1 fully saturated rings. The maximum absolute atomic E-state index is 6.11. The van der Waals surface area contributed by atoms with Crippen molar-refractivity contribution in [2.45, 2.75) is 31.2 Å². The second kappa shape index (κ2) is 3.47. The van der Waals surface area contributed by atoms with Crippen molar-refractivity contribution in [1.29, 1.82) is 0 Å². The Kier molecular flexibility index (Phi) is 2.19. The van der Waals surface area contributed by atoms with Gasteiger partial charge < -0.3 is 5.73 Å². The van der Waals surface area contributed by atoms with Crippen LogP contribution in [-0.4, -0.2) is 14.9 Å². The minimum absolute atomic E-state index is 0.0925. The highest BCUT2D eigenvalue weighted by atomic mass is 35.5. The van der Waals surface area contributed by atoms with Crippen LogP contribution in [0.5, 0.6) is 0 Å². The van der Waals surface area contributed by atoms with Crippen LogP contribution in [0.1, 0.15) is 25.0 Å². The fraction of sp³-hybridized carbons (Fsp3) is 0.417. The van der Waals surface area contributed by atoms with Crippen LogP contribution >= 0.6 is 11.6 Å². The van der Waals surface area contributed by atoms with Gasteiger partial charge in [-0.05, 0) is 37.8 Å². The summed E-state index contributed by atoms with van der Waals surface area (Å²) in [5.74, 6) is 0. The van der Waals surface area contributed by atoms with Crippen molar-refractivity contribution >= 4 is 17.2 Å². The van der Waals surface area contributed by atoms with Crippen LogP contribution in [-0.2, 0) is 6.42 Å². The van der Waals surface area contributed by atoms with Crippen molar-refractivity contribution < 1.29 is 0 Å². The summed E-state index contributed by atoms with van der Waals surface area (Å²) in [5.41, 5.74) is 8.28. The topological polar surface area (TPSA) is 43.3 Å². The minimum atomic E-state index is 0.0925. The van der Waals surface area contributed by atoms with Gasteiger partial charge in [-0.25, -0.2) is 4.98 Å². The lowest BCUT2D eigenvalue weighted by Crippen LogP contribution is -2.22. The van der Waals surface area contributed by atoms with E-state index in [0.717, 1.165) is 31.3 Å². The third-order valence-electron chi connectivity index (χ3n) is 3.34. The number of fused-ring (bicyclic) bond motifs is 1. The van der Waals surface area contributed by atoms with Gasteiger partial charge in [0.05, 0.1) is 6.20 Å². The van der Waals surface area contributed by atoms with Crippen molar-refractivity contribution in [3.8, 4) is 0 Å². The molecule has 0 bridgehead atoms. The normalized spacial score (nSPS) is 17.9. The zero-order chi connectivity index (χ0) is 11.2. The second-order valence-corrected chi connectivity index (χ2v) is 5.04. The number of rotatable bonds is 3. The first-order valence-corrected chi connectivity index (χ1v) is 5.96. The Balaban J connectivity index is 1.93. The summed E-state index contributed by atoms with van der Waals surface area (Å²) in [6, 6.07) is 6.07. The Morgan fingerprint density at radius 1 is 1.44 bits per heavy atom. The molecule has 0 atom stereocenters. The largest absolute Gasteiger partial charge is 0.325 e. The first-order valence-electron chi connectivity index (χ1n) is 5.58. The van der Waals surface area contributed by atoms with Gasteiger partial charge in [0.15, 0.2) is 0 Å². The Morgan fingerprint density at radius 3 is 3.00 bits per heavy atom. The van der Waals surface area contributed by atoms with Gasteiger partial charge in [-0.15, -0.1) is 0 Å². The van der Waals surface area contributed by atoms with E-state index in [-0.39, 0.29) is 5.54 Å². The molecule has 0 aliphatic heterocycles. The smallest absolute Gasteiger partial charge is 0.138 e. The molecule has 1 aliphatic rings. The Morgan fingerprint density at radius 2 is 2.25 bits per heavy atom. The monoisotopic (exact) mass is 235 g/mol. The molecule has 0 unspecified atom stereocenters. The molecule has 2 aromatic heterocycles. The molecule has 0 saturated heterocycles. The van der Waals surface area contributed by atoms with Crippen LogP contribution in [0.2, 0.25) is 5.15 Å². The van der Waals surface area contributed by atoms with Crippen LogP contribution in [0, 0.1) is 0 Å². The summed E-state index contributed by atoms with van der Waals surface area (Å²) in [5, 5.41) is 0.674. The van der Waals surface area contributed by atoms with E-state index in [1.165, 1.54) is 5.69 Å². The number of pyridine rings is 1. The summed E-state index contributed by atoms with van der Waals surface area (Å²) in [6.45, 7) is 0. The fourth-order valence-electron chi connectivity index (χ4n) is 2.05. The highest BCUT2D eigenvalue weighted by Crippen LogP contribution is 2.36. The van der Waals surface area contributed by atoms with Gasteiger partial charge in [-0.2, -0.15) is 0 Å². The molecule has 1 saturated carbocycles. The number of hydrogen-bond donors (Lipinski definition) is 1. The summed E-state index contributed by atoms with van der Waals surface area (Å²) >= 11 is 6.11. The SMILES string of the molecule is NC1(CCc2cccc3ncc(Cl)n23)CC1. The molecule has 3 nitrogen and oxygen atoms in total. The summed E-state index contributed by atoms with van der Waals surface area (Å²) in [6.07, 6.45) is 5.99. The molecule has 0 spiro atoms. The number of nitrogens with two attached hydrogens (primary N) is 1. The molecule has 4 heteroatoms. The summed E-state index contributed by atoms with van der Waals surface area (Å²) in [7, 11) is 0. The highest BCUT2D eigenvalue weighted by Gasteiger charge is 2.37. The van der Waals surface area contributed by atoms with Gasteiger partial charge >= 0.3 is 0 Å². The predicted molar refractivity (Wildman–Crippen MR) is 64.7 cm³/mol. The molecule has 0 aromatic carbocycles. The van der Waals surface area contributed by atoms with Gasteiger partial charge in [0.25, 0.3) is 0 Å². The van der Waals surface area contributed by atoms with Gasteiger partial charge in [-0.1, -0.05) is 17.7 Å². The van der Waals surface area contributed by atoms with Gasteiger partial charge in [-0.3, -0.25) is 4.40 Å². The van der Waals surface area contributed by atoms with Gasteiger partial charge in [0.2, 0.25) is 0 Å². The molecular formula is C12H14ClN3. The number of hydrogen-bond acceptors (Lipinski definition) is 2. The average molecular weight is 236 g/mol. The van der Waals surface area contributed by atoms with E-state index in [4.69, 9.17) is 17.3 Å². The zero-order valence-corrected chi connectivity index (χ0v) is 9.74. The number of imidazole rings is 1. The zero-order valence-electron chi connectivity index (χ0n) is 8.99. The third kappa shape index (κ3) is 1.70. The fourth-order valence-corrected chi connectivity index (χ4v) is 2.29. The van der Waals surface area contributed by atoms with Crippen molar-refractivity contribution in [1.82, 2.24) is 9.38 Å². The molecule has 0 radical (unpaired) electrons. The van der Waals surface area contributed by atoms with Gasteiger partial charge in [0.1, 0.15) is 10.8 Å². The first kappa shape index (κ1) is 10.1. The number of aromatic nitrogens is 2. The lowest BCUT2D eigenvalue weighted by Gasteiger charge is -2.10. The van der Waals surface area contributed by atoms with Crippen molar-refractivity contribution in [2.24, 2.45) is 5.73 Å².